The number of rotatable bonds is 5. The lowest BCUT2D eigenvalue weighted by atomic mass is 10.1. The molecule has 30 heavy (non-hydrogen) atoms. The zero-order chi connectivity index (χ0) is 20.9. The normalized spacial score (nSPS) is 17.3. The summed E-state index contributed by atoms with van der Waals surface area (Å²) >= 11 is 3.44. The molecule has 2 aromatic carbocycles. The van der Waals surface area contributed by atoms with Gasteiger partial charge in [0.25, 0.3) is 5.91 Å². The van der Waals surface area contributed by atoms with E-state index < -0.39 is 0 Å². The molecule has 1 amide bonds. The first-order chi connectivity index (χ1) is 14.7. The van der Waals surface area contributed by atoms with Crippen LogP contribution in [0.15, 0.2) is 52.3 Å². The second-order valence-corrected chi connectivity index (χ2v) is 9.22. The molecule has 0 saturated carbocycles. The maximum atomic E-state index is 13.5. The second kappa shape index (κ2) is 9.98. The Balaban J connectivity index is 1.48. The molecule has 0 atom stereocenters. The quantitative estimate of drug-likeness (QED) is 0.652. The van der Waals surface area contributed by atoms with Gasteiger partial charge in [-0.15, -0.1) is 23.5 Å². The Kier molecular flexibility index (Phi) is 7.12. The van der Waals surface area contributed by atoms with Crippen LogP contribution in [0.5, 0.6) is 0 Å². The van der Waals surface area contributed by atoms with Crippen LogP contribution in [-0.2, 0) is 4.74 Å². The lowest BCUT2D eigenvalue weighted by Gasteiger charge is -2.37. The minimum absolute atomic E-state index is 0.143. The zero-order valence-corrected chi connectivity index (χ0v) is 19.3. The van der Waals surface area contributed by atoms with Crippen molar-refractivity contribution in [2.24, 2.45) is 0 Å². The summed E-state index contributed by atoms with van der Waals surface area (Å²) in [5.74, 6) is 0.143. The molecule has 0 unspecified atom stereocenters. The van der Waals surface area contributed by atoms with Crippen LogP contribution >= 0.6 is 23.5 Å². The fourth-order valence-electron chi connectivity index (χ4n) is 4.02. The third-order valence-electron chi connectivity index (χ3n) is 5.79. The van der Waals surface area contributed by atoms with Crippen molar-refractivity contribution in [3.8, 4) is 0 Å². The molecule has 2 aromatic rings. The number of carbonyl (C=O) groups excluding carboxylic acids is 1. The maximum absolute atomic E-state index is 13.5. The van der Waals surface area contributed by atoms with E-state index in [9.17, 15) is 4.79 Å². The Bertz CT molecular complexity index is 861. The van der Waals surface area contributed by atoms with Gasteiger partial charge in [0.1, 0.15) is 0 Å². The molecular weight excluding hydrogens is 414 g/mol. The first-order valence-electron chi connectivity index (χ1n) is 10.4. The van der Waals surface area contributed by atoms with E-state index >= 15 is 0 Å². The van der Waals surface area contributed by atoms with Crippen molar-refractivity contribution >= 4 is 40.8 Å². The first kappa shape index (κ1) is 21.4. The molecule has 2 fully saturated rings. The number of hydrogen-bond acceptors (Lipinski definition) is 6. The third kappa shape index (κ3) is 4.74. The van der Waals surface area contributed by atoms with Crippen molar-refractivity contribution in [1.82, 2.24) is 4.90 Å². The summed E-state index contributed by atoms with van der Waals surface area (Å²) in [4.78, 5) is 22.6. The molecule has 2 aliphatic heterocycles. The van der Waals surface area contributed by atoms with Crippen molar-refractivity contribution in [3.63, 3.8) is 0 Å². The van der Waals surface area contributed by atoms with Gasteiger partial charge in [-0.25, -0.2) is 0 Å². The fraction of sp³-hybridized carbons (Fsp3) is 0.435. The van der Waals surface area contributed by atoms with Crippen LogP contribution in [0.3, 0.4) is 0 Å². The number of amides is 1. The second-order valence-electron chi connectivity index (χ2n) is 7.46. The molecule has 5 nitrogen and oxygen atoms in total. The monoisotopic (exact) mass is 443 g/mol. The summed E-state index contributed by atoms with van der Waals surface area (Å²) in [5.41, 5.74) is 3.09. The van der Waals surface area contributed by atoms with E-state index in [-0.39, 0.29) is 5.91 Å². The Hall–Kier alpha value is -1.83. The molecule has 0 spiro atoms. The SMILES string of the molecule is CSc1ccc(N2CCN(C(=O)c3cc(SC)ccc3N3CCOCC3)CC2)cc1. The average Bonchev–Trinajstić information content (AvgIpc) is 2.84. The van der Waals surface area contributed by atoms with Crippen LogP contribution in [0.4, 0.5) is 11.4 Å². The summed E-state index contributed by atoms with van der Waals surface area (Å²) in [6.07, 6.45) is 4.15. The number of benzene rings is 2. The molecule has 160 valence electrons. The highest BCUT2D eigenvalue weighted by Gasteiger charge is 2.26. The maximum Gasteiger partial charge on any atom is 0.256 e. The van der Waals surface area contributed by atoms with E-state index in [4.69, 9.17) is 4.74 Å². The van der Waals surface area contributed by atoms with Gasteiger partial charge in [-0.1, -0.05) is 0 Å². The number of morpholine rings is 1. The number of carbonyl (C=O) groups is 1. The minimum Gasteiger partial charge on any atom is -0.378 e. The predicted octanol–water partition coefficient (Wildman–Crippen LogP) is 3.93. The highest BCUT2D eigenvalue weighted by molar-refractivity contribution is 7.98. The van der Waals surface area contributed by atoms with Crippen molar-refractivity contribution in [2.75, 3.05) is 74.8 Å². The van der Waals surface area contributed by atoms with Crippen molar-refractivity contribution in [3.05, 3.63) is 48.0 Å². The predicted molar refractivity (Wildman–Crippen MR) is 128 cm³/mol. The van der Waals surface area contributed by atoms with E-state index in [1.807, 2.05) is 4.90 Å². The van der Waals surface area contributed by atoms with Gasteiger partial charge in [0.2, 0.25) is 0 Å². The van der Waals surface area contributed by atoms with Crippen molar-refractivity contribution in [2.45, 2.75) is 9.79 Å². The van der Waals surface area contributed by atoms with E-state index in [0.29, 0.717) is 13.2 Å². The standard InChI is InChI=1S/C23H29N3O2S2/c1-29-19-5-3-18(4-6-19)24-9-11-26(12-10-24)23(27)21-17-20(30-2)7-8-22(21)25-13-15-28-16-14-25/h3-8,17H,9-16H2,1-2H3. The topological polar surface area (TPSA) is 36.0 Å². The van der Waals surface area contributed by atoms with Crippen LogP contribution < -0.4 is 9.80 Å². The molecule has 7 heteroatoms. The fourth-order valence-corrected chi connectivity index (χ4v) is 4.87. The van der Waals surface area contributed by atoms with E-state index in [0.717, 1.165) is 55.4 Å². The van der Waals surface area contributed by atoms with Gasteiger partial charge in [0.05, 0.1) is 18.8 Å². The van der Waals surface area contributed by atoms with Crippen LogP contribution in [0.2, 0.25) is 0 Å². The van der Waals surface area contributed by atoms with Gasteiger partial charge < -0.3 is 19.4 Å². The van der Waals surface area contributed by atoms with Crippen LogP contribution in [0.25, 0.3) is 0 Å². The number of hydrogen-bond donors (Lipinski definition) is 0. The Morgan fingerprint density at radius 1 is 0.800 bits per heavy atom. The number of anilines is 2. The summed E-state index contributed by atoms with van der Waals surface area (Å²) < 4.78 is 5.50. The lowest BCUT2D eigenvalue weighted by Crippen LogP contribution is -2.49. The van der Waals surface area contributed by atoms with E-state index in [1.54, 1.807) is 23.5 Å². The van der Waals surface area contributed by atoms with Crippen molar-refractivity contribution < 1.29 is 9.53 Å². The van der Waals surface area contributed by atoms with Gasteiger partial charge >= 0.3 is 0 Å². The summed E-state index contributed by atoms with van der Waals surface area (Å²) in [6, 6.07) is 15.0. The van der Waals surface area contributed by atoms with Crippen molar-refractivity contribution in [1.29, 1.82) is 0 Å². The first-order valence-corrected chi connectivity index (χ1v) is 12.8. The average molecular weight is 444 g/mol. The molecule has 0 N–H and O–H groups in total. The van der Waals surface area contributed by atoms with Crippen LogP contribution in [0, 0.1) is 0 Å². The molecule has 0 aromatic heterocycles. The Labute approximate surface area is 187 Å². The number of piperazine rings is 1. The molecule has 2 aliphatic rings. The number of nitrogens with zero attached hydrogens (tertiary/aromatic N) is 3. The molecule has 0 aliphatic carbocycles. The highest BCUT2D eigenvalue weighted by atomic mass is 32.2. The highest BCUT2D eigenvalue weighted by Crippen LogP contribution is 2.29. The van der Waals surface area contributed by atoms with Gasteiger partial charge in [0.15, 0.2) is 0 Å². The smallest absolute Gasteiger partial charge is 0.256 e. The number of thioether (sulfide) groups is 2. The van der Waals surface area contributed by atoms with E-state index in [1.165, 1.54) is 10.6 Å². The summed E-state index contributed by atoms with van der Waals surface area (Å²) in [7, 11) is 0. The Morgan fingerprint density at radius 3 is 2.07 bits per heavy atom. The molecular formula is C23H29N3O2S2. The van der Waals surface area contributed by atoms with Gasteiger partial charge in [0, 0.05) is 60.4 Å². The summed E-state index contributed by atoms with van der Waals surface area (Å²) in [6.45, 7) is 6.30. The molecule has 4 rings (SSSR count). The van der Waals surface area contributed by atoms with Crippen LogP contribution in [-0.4, -0.2) is 75.8 Å². The molecule has 2 heterocycles. The largest absolute Gasteiger partial charge is 0.378 e. The number of ether oxygens (including phenoxy) is 1. The Morgan fingerprint density at radius 2 is 1.43 bits per heavy atom. The zero-order valence-electron chi connectivity index (χ0n) is 17.7. The molecule has 0 radical (unpaired) electrons. The van der Waals surface area contributed by atoms with Gasteiger partial charge in [-0.05, 0) is 55.0 Å². The molecule has 0 bridgehead atoms. The molecule has 2 saturated heterocycles. The van der Waals surface area contributed by atoms with Gasteiger partial charge in [-0.3, -0.25) is 4.79 Å². The lowest BCUT2D eigenvalue weighted by molar-refractivity contribution is 0.0746. The van der Waals surface area contributed by atoms with Gasteiger partial charge in [-0.2, -0.15) is 0 Å². The minimum atomic E-state index is 0.143. The summed E-state index contributed by atoms with van der Waals surface area (Å²) in [5, 5.41) is 0. The van der Waals surface area contributed by atoms with Crippen LogP contribution in [0.1, 0.15) is 10.4 Å². The third-order valence-corrected chi connectivity index (χ3v) is 7.26. The van der Waals surface area contributed by atoms with E-state index in [2.05, 4.69) is 64.8 Å².